The van der Waals surface area contributed by atoms with Crippen molar-refractivity contribution in [2.45, 2.75) is 50.7 Å². The molecular formula is C16H23F3N4O. The van der Waals surface area contributed by atoms with Gasteiger partial charge in [0.1, 0.15) is 5.82 Å². The number of carbonyl (C=O) groups excluding carboxylic acids is 1. The summed E-state index contributed by atoms with van der Waals surface area (Å²) in [4.78, 5) is 13.8. The first kappa shape index (κ1) is 17.3. The molecule has 24 heavy (non-hydrogen) atoms. The number of likely N-dealkylation sites (tertiary alicyclic amines) is 1. The summed E-state index contributed by atoms with van der Waals surface area (Å²) in [7, 11) is 0. The molecule has 1 atom stereocenters. The van der Waals surface area contributed by atoms with Gasteiger partial charge in [0.15, 0.2) is 0 Å². The summed E-state index contributed by atoms with van der Waals surface area (Å²) in [6.07, 6.45) is 2.49. The smallest absolute Gasteiger partial charge is 0.310 e. The summed E-state index contributed by atoms with van der Waals surface area (Å²) in [6.45, 7) is 0.420. The van der Waals surface area contributed by atoms with E-state index < -0.39 is 12.1 Å². The largest absolute Gasteiger partial charge is 0.393 e. The summed E-state index contributed by atoms with van der Waals surface area (Å²) in [5, 5.41) is 7.09. The second-order valence-corrected chi connectivity index (χ2v) is 6.76. The van der Waals surface area contributed by atoms with E-state index in [2.05, 4.69) is 10.4 Å². The third kappa shape index (κ3) is 4.09. The average molecular weight is 344 g/mol. The lowest BCUT2D eigenvalue weighted by Crippen LogP contribution is -2.44. The SMILES string of the molecule is O=C(CN1CCC[C@@H](C(F)(F)F)C1)Nc1ccnn1C1CCCC1. The molecule has 1 saturated heterocycles. The molecule has 3 rings (SSSR count). The minimum atomic E-state index is -4.18. The van der Waals surface area contributed by atoms with Crippen LogP contribution in [0.1, 0.15) is 44.6 Å². The van der Waals surface area contributed by atoms with Crippen molar-refractivity contribution >= 4 is 11.7 Å². The highest BCUT2D eigenvalue weighted by atomic mass is 19.4. The standard InChI is InChI=1S/C16H23F3N4O/c17-16(18,19)12-4-3-9-22(10-12)11-15(24)21-14-7-8-20-23(14)13-5-1-2-6-13/h7-8,12-13H,1-6,9-11H2,(H,21,24)/t12-/m1/s1. The summed E-state index contributed by atoms with van der Waals surface area (Å²) < 4.78 is 40.4. The fourth-order valence-corrected chi connectivity index (χ4v) is 3.70. The van der Waals surface area contributed by atoms with Crippen LogP contribution in [0.4, 0.5) is 19.0 Å². The fraction of sp³-hybridized carbons (Fsp3) is 0.750. The molecule has 0 unspecified atom stereocenters. The van der Waals surface area contributed by atoms with E-state index in [4.69, 9.17) is 0 Å². The topological polar surface area (TPSA) is 50.2 Å². The Bertz CT molecular complexity index is 566. The van der Waals surface area contributed by atoms with Crippen molar-refractivity contribution < 1.29 is 18.0 Å². The Hall–Kier alpha value is -1.57. The third-order valence-electron chi connectivity index (χ3n) is 4.94. The molecule has 1 aliphatic carbocycles. The molecule has 0 aromatic carbocycles. The van der Waals surface area contributed by atoms with Crippen LogP contribution < -0.4 is 5.32 Å². The van der Waals surface area contributed by atoms with Gasteiger partial charge in [-0.15, -0.1) is 0 Å². The number of hydrogen-bond acceptors (Lipinski definition) is 3. The maximum absolute atomic E-state index is 12.8. The molecule has 1 aliphatic heterocycles. The van der Waals surface area contributed by atoms with Crippen LogP contribution in [0.5, 0.6) is 0 Å². The predicted octanol–water partition coefficient (Wildman–Crippen LogP) is 3.21. The Labute approximate surface area is 139 Å². The predicted molar refractivity (Wildman–Crippen MR) is 83.6 cm³/mol. The molecular weight excluding hydrogens is 321 g/mol. The lowest BCUT2D eigenvalue weighted by Gasteiger charge is -2.33. The van der Waals surface area contributed by atoms with Crippen molar-refractivity contribution in [1.29, 1.82) is 0 Å². The van der Waals surface area contributed by atoms with Crippen LogP contribution in [0, 0.1) is 5.92 Å². The second kappa shape index (κ2) is 7.13. The van der Waals surface area contributed by atoms with Gasteiger partial charge in [-0.05, 0) is 32.2 Å². The Morgan fingerprint density at radius 2 is 2.00 bits per heavy atom. The second-order valence-electron chi connectivity index (χ2n) is 6.76. The summed E-state index contributed by atoms with van der Waals surface area (Å²) >= 11 is 0. The van der Waals surface area contributed by atoms with Crippen molar-refractivity contribution in [3.05, 3.63) is 12.3 Å². The van der Waals surface area contributed by atoms with Crippen LogP contribution in [0.2, 0.25) is 0 Å². The molecule has 1 amide bonds. The van der Waals surface area contributed by atoms with E-state index in [0.717, 1.165) is 25.7 Å². The Morgan fingerprint density at radius 1 is 1.25 bits per heavy atom. The Balaban J connectivity index is 1.55. The summed E-state index contributed by atoms with van der Waals surface area (Å²) in [5.41, 5.74) is 0. The zero-order chi connectivity index (χ0) is 17.2. The minimum absolute atomic E-state index is 0.0115. The van der Waals surface area contributed by atoms with E-state index in [1.54, 1.807) is 17.2 Å². The van der Waals surface area contributed by atoms with Crippen LogP contribution in [0.15, 0.2) is 12.3 Å². The van der Waals surface area contributed by atoms with Crippen LogP contribution in [0.3, 0.4) is 0 Å². The average Bonchev–Trinajstić information content (AvgIpc) is 3.17. The number of hydrogen-bond donors (Lipinski definition) is 1. The van der Waals surface area contributed by atoms with Gasteiger partial charge in [0.2, 0.25) is 5.91 Å². The van der Waals surface area contributed by atoms with E-state index in [-0.39, 0.29) is 25.4 Å². The zero-order valence-electron chi connectivity index (χ0n) is 13.6. The molecule has 5 nitrogen and oxygen atoms in total. The molecule has 0 spiro atoms. The van der Waals surface area contributed by atoms with E-state index in [1.165, 1.54) is 0 Å². The third-order valence-corrected chi connectivity index (χ3v) is 4.94. The van der Waals surface area contributed by atoms with E-state index in [0.29, 0.717) is 24.8 Å². The monoisotopic (exact) mass is 344 g/mol. The molecule has 134 valence electrons. The van der Waals surface area contributed by atoms with Crippen LogP contribution in [0.25, 0.3) is 0 Å². The van der Waals surface area contributed by atoms with Gasteiger partial charge >= 0.3 is 6.18 Å². The lowest BCUT2D eigenvalue weighted by atomic mass is 9.97. The fourth-order valence-electron chi connectivity index (χ4n) is 3.70. The molecule has 1 aromatic rings. The molecule has 1 aromatic heterocycles. The first-order valence-electron chi connectivity index (χ1n) is 8.56. The van der Waals surface area contributed by atoms with E-state index in [9.17, 15) is 18.0 Å². The van der Waals surface area contributed by atoms with Gasteiger partial charge in [-0.25, -0.2) is 4.68 Å². The van der Waals surface area contributed by atoms with E-state index in [1.807, 2.05) is 4.68 Å². The number of piperidine rings is 1. The number of rotatable bonds is 4. The Morgan fingerprint density at radius 3 is 2.71 bits per heavy atom. The number of halogens is 3. The number of alkyl halides is 3. The number of carbonyl (C=O) groups is 1. The van der Waals surface area contributed by atoms with Crippen LogP contribution >= 0.6 is 0 Å². The van der Waals surface area contributed by atoms with Gasteiger partial charge in [-0.1, -0.05) is 12.8 Å². The molecule has 8 heteroatoms. The highest BCUT2D eigenvalue weighted by Crippen LogP contribution is 2.33. The first-order chi connectivity index (χ1) is 11.4. The number of amides is 1. The molecule has 1 N–H and O–H groups in total. The first-order valence-corrected chi connectivity index (χ1v) is 8.56. The molecule has 2 fully saturated rings. The van der Waals surface area contributed by atoms with Gasteiger partial charge in [-0.2, -0.15) is 18.3 Å². The van der Waals surface area contributed by atoms with Crippen molar-refractivity contribution in [2.75, 3.05) is 25.0 Å². The van der Waals surface area contributed by atoms with Gasteiger partial charge < -0.3 is 5.32 Å². The van der Waals surface area contributed by atoms with Crippen LogP contribution in [-0.2, 0) is 4.79 Å². The van der Waals surface area contributed by atoms with Gasteiger partial charge in [0.05, 0.1) is 24.7 Å². The van der Waals surface area contributed by atoms with Crippen molar-refractivity contribution in [3.8, 4) is 0 Å². The molecule has 1 saturated carbocycles. The van der Waals surface area contributed by atoms with Gasteiger partial charge in [0.25, 0.3) is 0 Å². The molecule has 2 aliphatic rings. The quantitative estimate of drug-likeness (QED) is 0.912. The molecule has 2 heterocycles. The van der Waals surface area contributed by atoms with Gasteiger partial charge in [0, 0.05) is 12.6 Å². The van der Waals surface area contributed by atoms with Crippen molar-refractivity contribution in [3.63, 3.8) is 0 Å². The number of nitrogens with zero attached hydrogens (tertiary/aromatic N) is 3. The summed E-state index contributed by atoms with van der Waals surface area (Å²) in [6, 6.07) is 2.05. The molecule has 0 radical (unpaired) electrons. The maximum Gasteiger partial charge on any atom is 0.393 e. The summed E-state index contributed by atoms with van der Waals surface area (Å²) in [5.74, 6) is -0.975. The normalized spacial score (nSPS) is 23.5. The van der Waals surface area contributed by atoms with Gasteiger partial charge in [-0.3, -0.25) is 9.69 Å². The zero-order valence-corrected chi connectivity index (χ0v) is 13.6. The molecule has 0 bridgehead atoms. The Kier molecular flexibility index (Phi) is 5.12. The number of aromatic nitrogens is 2. The lowest BCUT2D eigenvalue weighted by molar-refractivity contribution is -0.186. The van der Waals surface area contributed by atoms with E-state index >= 15 is 0 Å². The minimum Gasteiger partial charge on any atom is -0.310 e. The van der Waals surface area contributed by atoms with Crippen LogP contribution in [-0.4, -0.2) is 46.4 Å². The van der Waals surface area contributed by atoms with Crippen molar-refractivity contribution in [1.82, 2.24) is 14.7 Å². The number of anilines is 1. The van der Waals surface area contributed by atoms with Crippen molar-refractivity contribution in [2.24, 2.45) is 5.92 Å². The highest BCUT2D eigenvalue weighted by molar-refractivity contribution is 5.91. The number of nitrogens with one attached hydrogen (secondary N) is 1. The highest BCUT2D eigenvalue weighted by Gasteiger charge is 2.41. The maximum atomic E-state index is 12.8.